The van der Waals surface area contributed by atoms with Gasteiger partial charge in [-0.3, -0.25) is 5.32 Å². The third-order valence-electron chi connectivity index (χ3n) is 4.45. The standard InChI is InChI=1S/C22H20Cl2N6O3/c1-3-9-33-22(31)28-19-12-30(29-20(19)14-7-8-17(23)18(24)10-14)21(26-13-25)27-15-5-4-6-16(11-15)32-2/h3-8,10-11,19H,1,9,12H2,2H3,(H,26,27)(H,28,31). The molecule has 0 aliphatic carbocycles. The van der Waals surface area contributed by atoms with Crippen LogP contribution < -0.4 is 15.4 Å². The van der Waals surface area contributed by atoms with Gasteiger partial charge in [-0.05, 0) is 24.3 Å². The number of nitriles is 1. The first-order chi connectivity index (χ1) is 15.9. The van der Waals surface area contributed by atoms with Crippen molar-refractivity contribution >= 4 is 46.7 Å². The van der Waals surface area contributed by atoms with Crippen molar-refractivity contribution < 1.29 is 14.3 Å². The van der Waals surface area contributed by atoms with Crippen LogP contribution in [-0.4, -0.2) is 49.1 Å². The number of hydrogen-bond donors (Lipinski definition) is 2. The molecule has 0 bridgehead atoms. The minimum absolute atomic E-state index is 0.0556. The van der Waals surface area contributed by atoms with E-state index >= 15 is 0 Å². The number of nitrogens with zero attached hydrogens (tertiary/aromatic N) is 4. The summed E-state index contributed by atoms with van der Waals surface area (Å²) in [7, 11) is 1.55. The molecular weight excluding hydrogens is 467 g/mol. The Labute approximate surface area is 200 Å². The molecule has 2 aromatic carbocycles. The van der Waals surface area contributed by atoms with Crippen molar-refractivity contribution in [1.82, 2.24) is 15.6 Å². The van der Waals surface area contributed by atoms with Crippen molar-refractivity contribution in [3.8, 4) is 11.9 Å². The van der Waals surface area contributed by atoms with Crippen LogP contribution in [0.5, 0.6) is 5.75 Å². The second-order valence-corrected chi connectivity index (χ2v) is 7.47. The number of hydrazone groups is 1. The Hall–Kier alpha value is -3.74. The highest BCUT2D eigenvalue weighted by Crippen LogP contribution is 2.26. The fourth-order valence-corrected chi connectivity index (χ4v) is 3.28. The van der Waals surface area contributed by atoms with E-state index in [0.29, 0.717) is 32.8 Å². The lowest BCUT2D eigenvalue weighted by Crippen LogP contribution is -2.45. The van der Waals surface area contributed by atoms with Gasteiger partial charge in [0.2, 0.25) is 5.96 Å². The molecule has 0 spiro atoms. The van der Waals surface area contributed by atoms with Crippen LogP contribution in [0.2, 0.25) is 10.0 Å². The lowest BCUT2D eigenvalue weighted by atomic mass is 10.0. The highest BCUT2D eigenvalue weighted by atomic mass is 35.5. The van der Waals surface area contributed by atoms with Gasteiger partial charge in [-0.25, -0.2) is 14.8 Å². The Balaban J connectivity index is 1.97. The molecule has 3 rings (SSSR count). The number of alkyl carbamates (subject to hydrolysis) is 1. The predicted octanol–water partition coefficient (Wildman–Crippen LogP) is 4.06. The van der Waals surface area contributed by atoms with Gasteiger partial charge in [0.15, 0.2) is 6.19 Å². The maximum absolute atomic E-state index is 12.2. The SMILES string of the molecule is C=CCOC(=O)NC1CN(C(=Nc2cccc(OC)c2)NC#N)N=C1c1ccc(Cl)c(Cl)c1. The van der Waals surface area contributed by atoms with Crippen molar-refractivity contribution in [2.75, 3.05) is 20.3 Å². The Bertz CT molecular complexity index is 1150. The third-order valence-corrected chi connectivity index (χ3v) is 5.19. The van der Waals surface area contributed by atoms with Gasteiger partial charge < -0.3 is 14.8 Å². The molecule has 1 amide bonds. The molecule has 33 heavy (non-hydrogen) atoms. The molecule has 1 heterocycles. The van der Waals surface area contributed by atoms with E-state index in [0.717, 1.165) is 0 Å². The number of aliphatic imine (C=N–C) groups is 1. The van der Waals surface area contributed by atoms with Gasteiger partial charge >= 0.3 is 6.09 Å². The number of carbonyl (C=O) groups excluding carboxylic acids is 1. The molecule has 1 aliphatic heterocycles. The highest BCUT2D eigenvalue weighted by Gasteiger charge is 2.32. The Morgan fingerprint density at radius 2 is 2.18 bits per heavy atom. The average Bonchev–Trinajstić information content (AvgIpc) is 3.23. The van der Waals surface area contributed by atoms with Crippen LogP contribution in [0.1, 0.15) is 5.56 Å². The first-order valence-electron chi connectivity index (χ1n) is 9.68. The smallest absolute Gasteiger partial charge is 0.408 e. The zero-order valence-electron chi connectivity index (χ0n) is 17.6. The summed E-state index contributed by atoms with van der Waals surface area (Å²) in [5.41, 5.74) is 1.67. The summed E-state index contributed by atoms with van der Waals surface area (Å²) in [5.74, 6) is 0.769. The van der Waals surface area contributed by atoms with Gasteiger partial charge in [0.1, 0.15) is 12.4 Å². The summed E-state index contributed by atoms with van der Waals surface area (Å²) in [4.78, 5) is 16.7. The van der Waals surface area contributed by atoms with E-state index in [1.54, 1.807) is 49.6 Å². The number of ether oxygens (including phenoxy) is 2. The quantitative estimate of drug-likeness (QED) is 0.209. The molecule has 2 aromatic rings. The van der Waals surface area contributed by atoms with E-state index in [1.165, 1.54) is 11.1 Å². The maximum atomic E-state index is 12.2. The first-order valence-corrected chi connectivity index (χ1v) is 10.4. The normalized spacial score (nSPS) is 15.3. The number of amides is 1. The van der Waals surface area contributed by atoms with E-state index in [2.05, 4.69) is 27.3 Å². The van der Waals surface area contributed by atoms with Crippen molar-refractivity contribution in [2.45, 2.75) is 6.04 Å². The second kappa shape index (κ2) is 11.2. The topological polar surface area (TPSA) is 111 Å². The Morgan fingerprint density at radius 1 is 1.36 bits per heavy atom. The highest BCUT2D eigenvalue weighted by molar-refractivity contribution is 6.42. The largest absolute Gasteiger partial charge is 0.497 e. The number of benzene rings is 2. The van der Waals surface area contributed by atoms with Crippen molar-refractivity contribution in [3.63, 3.8) is 0 Å². The summed E-state index contributed by atoms with van der Waals surface area (Å²) in [6, 6.07) is 11.4. The van der Waals surface area contributed by atoms with Crippen LogP contribution >= 0.6 is 23.2 Å². The van der Waals surface area contributed by atoms with Crippen LogP contribution in [-0.2, 0) is 4.74 Å². The molecule has 0 fully saturated rings. The molecule has 0 aromatic heterocycles. The molecule has 11 heteroatoms. The summed E-state index contributed by atoms with van der Waals surface area (Å²) in [6.07, 6.45) is 2.68. The summed E-state index contributed by atoms with van der Waals surface area (Å²) >= 11 is 12.2. The molecule has 0 radical (unpaired) electrons. The Kier molecular flexibility index (Phi) is 8.13. The summed E-state index contributed by atoms with van der Waals surface area (Å²) in [6.45, 7) is 3.76. The van der Waals surface area contributed by atoms with Gasteiger partial charge in [0, 0.05) is 11.6 Å². The number of guanidine groups is 1. The molecule has 1 unspecified atom stereocenters. The van der Waals surface area contributed by atoms with Crippen LogP contribution in [0.3, 0.4) is 0 Å². The summed E-state index contributed by atoms with van der Waals surface area (Å²) < 4.78 is 10.3. The van der Waals surface area contributed by atoms with E-state index < -0.39 is 12.1 Å². The number of nitrogens with one attached hydrogen (secondary N) is 2. The number of carbonyl (C=O) groups is 1. The van der Waals surface area contributed by atoms with E-state index in [9.17, 15) is 10.1 Å². The molecule has 0 saturated carbocycles. The Morgan fingerprint density at radius 3 is 2.88 bits per heavy atom. The molecular formula is C22H20Cl2N6O3. The van der Waals surface area contributed by atoms with Crippen LogP contribution in [0, 0.1) is 11.5 Å². The van der Waals surface area contributed by atoms with Gasteiger partial charge in [0.25, 0.3) is 0 Å². The van der Waals surface area contributed by atoms with Gasteiger partial charge in [-0.2, -0.15) is 10.4 Å². The molecule has 170 valence electrons. The van der Waals surface area contributed by atoms with Gasteiger partial charge in [-0.1, -0.05) is 48.0 Å². The minimum Gasteiger partial charge on any atom is -0.497 e. The number of methoxy groups -OCH3 is 1. The zero-order valence-corrected chi connectivity index (χ0v) is 19.1. The van der Waals surface area contributed by atoms with E-state index in [1.807, 2.05) is 6.19 Å². The zero-order chi connectivity index (χ0) is 23.8. The average molecular weight is 487 g/mol. The molecule has 9 nitrogen and oxygen atoms in total. The molecule has 1 atom stereocenters. The number of halogens is 2. The molecule has 2 N–H and O–H groups in total. The molecule has 0 saturated heterocycles. The van der Waals surface area contributed by atoms with Gasteiger partial charge in [0.05, 0.1) is 41.1 Å². The number of rotatable bonds is 6. The third kappa shape index (κ3) is 6.16. The van der Waals surface area contributed by atoms with Gasteiger partial charge in [-0.15, -0.1) is 0 Å². The summed E-state index contributed by atoms with van der Waals surface area (Å²) in [5, 5.41) is 21.3. The van der Waals surface area contributed by atoms with E-state index in [4.69, 9.17) is 32.7 Å². The fourth-order valence-electron chi connectivity index (χ4n) is 2.98. The molecule has 1 aliphatic rings. The minimum atomic E-state index is -0.644. The fraction of sp³-hybridized carbons (Fsp3) is 0.182. The first kappa shape index (κ1) is 23.9. The van der Waals surface area contributed by atoms with E-state index in [-0.39, 0.29) is 19.1 Å². The van der Waals surface area contributed by atoms with Crippen molar-refractivity contribution in [2.24, 2.45) is 10.1 Å². The predicted molar refractivity (Wildman–Crippen MR) is 127 cm³/mol. The lowest BCUT2D eigenvalue weighted by molar-refractivity contribution is 0.156. The van der Waals surface area contributed by atoms with Crippen LogP contribution in [0.4, 0.5) is 10.5 Å². The van der Waals surface area contributed by atoms with Crippen LogP contribution in [0.15, 0.2) is 65.2 Å². The van der Waals surface area contributed by atoms with Crippen LogP contribution in [0.25, 0.3) is 0 Å². The monoisotopic (exact) mass is 486 g/mol. The van der Waals surface area contributed by atoms with Crippen molar-refractivity contribution in [3.05, 3.63) is 70.7 Å². The maximum Gasteiger partial charge on any atom is 0.408 e. The second-order valence-electron chi connectivity index (χ2n) is 6.65. The van der Waals surface area contributed by atoms with Crippen molar-refractivity contribution in [1.29, 1.82) is 5.26 Å². The lowest BCUT2D eigenvalue weighted by Gasteiger charge is -2.17. The number of hydrogen-bond acceptors (Lipinski definition) is 6.